The van der Waals surface area contributed by atoms with Gasteiger partial charge in [-0.15, -0.1) is 13.2 Å². The molecular formula is C15H13F3O2. The van der Waals surface area contributed by atoms with Gasteiger partial charge in [0, 0.05) is 0 Å². The molecule has 0 aliphatic rings. The first kappa shape index (κ1) is 14.2. The third-order valence-corrected chi connectivity index (χ3v) is 2.59. The second-order valence-corrected chi connectivity index (χ2v) is 4.03. The van der Waals surface area contributed by atoms with Gasteiger partial charge in [-0.2, -0.15) is 0 Å². The molecular weight excluding hydrogens is 269 g/mol. The Labute approximate surface area is 114 Å². The molecule has 0 N–H and O–H groups in total. The summed E-state index contributed by atoms with van der Waals surface area (Å²) >= 11 is 0. The summed E-state index contributed by atoms with van der Waals surface area (Å²) in [5.74, 6) is 0.528. The largest absolute Gasteiger partial charge is 0.573 e. The SMILES string of the molecule is CCOc1ccc(-c2ccc(OC(F)(F)F)cc2)cc1. The molecule has 2 rings (SSSR count). The second kappa shape index (κ2) is 5.86. The fraction of sp³-hybridized carbons (Fsp3) is 0.200. The molecule has 0 saturated heterocycles. The lowest BCUT2D eigenvalue weighted by molar-refractivity contribution is -0.274. The molecule has 106 valence electrons. The molecule has 0 unspecified atom stereocenters. The Kier molecular flexibility index (Phi) is 4.17. The molecule has 2 aromatic carbocycles. The molecule has 0 radical (unpaired) electrons. The van der Waals surface area contributed by atoms with Crippen molar-refractivity contribution >= 4 is 0 Å². The lowest BCUT2D eigenvalue weighted by Crippen LogP contribution is -2.16. The van der Waals surface area contributed by atoms with Crippen LogP contribution in [0.4, 0.5) is 13.2 Å². The summed E-state index contributed by atoms with van der Waals surface area (Å²) in [6.45, 7) is 2.48. The van der Waals surface area contributed by atoms with E-state index in [0.29, 0.717) is 6.61 Å². The first-order valence-electron chi connectivity index (χ1n) is 6.07. The van der Waals surface area contributed by atoms with Crippen LogP contribution in [-0.2, 0) is 0 Å². The molecule has 0 aliphatic carbocycles. The standard InChI is InChI=1S/C15H13F3O2/c1-2-19-13-7-3-11(4-8-13)12-5-9-14(10-6-12)20-15(16,17)18/h3-10H,2H2,1H3. The van der Waals surface area contributed by atoms with E-state index in [-0.39, 0.29) is 5.75 Å². The van der Waals surface area contributed by atoms with Gasteiger partial charge in [-0.3, -0.25) is 0 Å². The zero-order valence-electron chi connectivity index (χ0n) is 10.8. The topological polar surface area (TPSA) is 18.5 Å². The van der Waals surface area contributed by atoms with E-state index in [9.17, 15) is 13.2 Å². The molecule has 0 spiro atoms. The van der Waals surface area contributed by atoms with Gasteiger partial charge >= 0.3 is 6.36 Å². The Balaban J connectivity index is 2.13. The van der Waals surface area contributed by atoms with Crippen molar-refractivity contribution < 1.29 is 22.6 Å². The summed E-state index contributed by atoms with van der Waals surface area (Å²) in [4.78, 5) is 0. The number of benzene rings is 2. The Morgan fingerprint density at radius 3 is 1.65 bits per heavy atom. The minimum atomic E-state index is -4.67. The number of hydrogen-bond donors (Lipinski definition) is 0. The summed E-state index contributed by atoms with van der Waals surface area (Å²) in [5, 5.41) is 0. The van der Waals surface area contributed by atoms with Gasteiger partial charge in [-0.1, -0.05) is 24.3 Å². The average molecular weight is 282 g/mol. The Bertz CT molecular complexity index is 545. The minimum Gasteiger partial charge on any atom is -0.494 e. The van der Waals surface area contributed by atoms with Crippen molar-refractivity contribution in [1.82, 2.24) is 0 Å². The third-order valence-electron chi connectivity index (χ3n) is 2.59. The van der Waals surface area contributed by atoms with Gasteiger partial charge in [0.25, 0.3) is 0 Å². The van der Waals surface area contributed by atoms with Crippen LogP contribution in [0.1, 0.15) is 6.92 Å². The molecule has 2 aromatic rings. The molecule has 5 heteroatoms. The monoisotopic (exact) mass is 282 g/mol. The van der Waals surface area contributed by atoms with Crippen LogP contribution < -0.4 is 9.47 Å². The molecule has 2 nitrogen and oxygen atoms in total. The Morgan fingerprint density at radius 1 is 0.800 bits per heavy atom. The summed E-state index contributed by atoms with van der Waals surface area (Å²) < 4.78 is 45.3. The number of rotatable bonds is 4. The molecule has 0 aliphatic heterocycles. The highest BCUT2D eigenvalue weighted by atomic mass is 19.4. The Morgan fingerprint density at radius 2 is 1.25 bits per heavy atom. The van der Waals surface area contributed by atoms with Crippen molar-refractivity contribution in [2.24, 2.45) is 0 Å². The average Bonchev–Trinajstić information content (AvgIpc) is 2.39. The zero-order valence-corrected chi connectivity index (χ0v) is 10.8. The van der Waals surface area contributed by atoms with Crippen molar-refractivity contribution in [1.29, 1.82) is 0 Å². The van der Waals surface area contributed by atoms with Crippen LogP contribution in [0, 0.1) is 0 Å². The second-order valence-electron chi connectivity index (χ2n) is 4.03. The highest BCUT2D eigenvalue weighted by Gasteiger charge is 2.30. The Hall–Kier alpha value is -2.17. The van der Waals surface area contributed by atoms with Gasteiger partial charge in [-0.25, -0.2) is 0 Å². The zero-order chi connectivity index (χ0) is 14.6. The third kappa shape index (κ3) is 3.91. The van der Waals surface area contributed by atoms with Crippen molar-refractivity contribution in [3.8, 4) is 22.6 Å². The van der Waals surface area contributed by atoms with Crippen molar-refractivity contribution in [2.75, 3.05) is 6.61 Å². The van der Waals surface area contributed by atoms with E-state index in [1.807, 2.05) is 31.2 Å². The van der Waals surface area contributed by atoms with E-state index in [1.54, 1.807) is 12.1 Å². The van der Waals surface area contributed by atoms with Crippen LogP contribution >= 0.6 is 0 Å². The van der Waals surface area contributed by atoms with Gasteiger partial charge < -0.3 is 9.47 Å². The smallest absolute Gasteiger partial charge is 0.494 e. The molecule has 0 atom stereocenters. The number of alkyl halides is 3. The predicted octanol–water partition coefficient (Wildman–Crippen LogP) is 4.65. The highest BCUT2D eigenvalue weighted by molar-refractivity contribution is 5.64. The van der Waals surface area contributed by atoms with Crippen molar-refractivity contribution in [2.45, 2.75) is 13.3 Å². The quantitative estimate of drug-likeness (QED) is 0.812. The lowest BCUT2D eigenvalue weighted by atomic mass is 10.1. The summed E-state index contributed by atoms with van der Waals surface area (Å²) in [5.41, 5.74) is 1.70. The fourth-order valence-corrected chi connectivity index (χ4v) is 1.76. The van der Waals surface area contributed by atoms with E-state index in [2.05, 4.69) is 4.74 Å². The molecule has 0 fully saturated rings. The highest BCUT2D eigenvalue weighted by Crippen LogP contribution is 2.27. The summed E-state index contributed by atoms with van der Waals surface area (Å²) in [7, 11) is 0. The van der Waals surface area contributed by atoms with Crippen LogP contribution in [0.2, 0.25) is 0 Å². The molecule has 0 aromatic heterocycles. The van der Waals surface area contributed by atoms with Gasteiger partial charge in [-0.05, 0) is 42.3 Å². The molecule has 0 saturated carbocycles. The maximum absolute atomic E-state index is 12.0. The number of hydrogen-bond acceptors (Lipinski definition) is 2. The van der Waals surface area contributed by atoms with Crippen LogP contribution in [0.15, 0.2) is 48.5 Å². The first-order valence-corrected chi connectivity index (χ1v) is 6.07. The molecule has 0 amide bonds. The fourth-order valence-electron chi connectivity index (χ4n) is 1.76. The van der Waals surface area contributed by atoms with Crippen molar-refractivity contribution in [3.63, 3.8) is 0 Å². The maximum Gasteiger partial charge on any atom is 0.573 e. The van der Waals surface area contributed by atoms with Gasteiger partial charge in [0.05, 0.1) is 6.61 Å². The summed E-state index contributed by atoms with van der Waals surface area (Å²) in [6, 6.07) is 13.1. The number of ether oxygens (including phenoxy) is 2. The van der Waals surface area contributed by atoms with E-state index in [0.717, 1.165) is 16.9 Å². The van der Waals surface area contributed by atoms with Gasteiger partial charge in [0.15, 0.2) is 0 Å². The van der Waals surface area contributed by atoms with E-state index in [4.69, 9.17) is 4.74 Å². The van der Waals surface area contributed by atoms with E-state index >= 15 is 0 Å². The van der Waals surface area contributed by atoms with E-state index in [1.165, 1.54) is 12.1 Å². The van der Waals surface area contributed by atoms with Crippen molar-refractivity contribution in [3.05, 3.63) is 48.5 Å². The molecule has 0 bridgehead atoms. The first-order chi connectivity index (χ1) is 9.48. The molecule has 20 heavy (non-hydrogen) atoms. The van der Waals surface area contributed by atoms with Crippen LogP contribution in [0.3, 0.4) is 0 Å². The van der Waals surface area contributed by atoms with Crippen LogP contribution in [-0.4, -0.2) is 13.0 Å². The minimum absolute atomic E-state index is 0.229. The lowest BCUT2D eigenvalue weighted by Gasteiger charge is -2.09. The van der Waals surface area contributed by atoms with Crippen LogP contribution in [0.25, 0.3) is 11.1 Å². The van der Waals surface area contributed by atoms with Gasteiger partial charge in [0.1, 0.15) is 11.5 Å². The maximum atomic E-state index is 12.0. The predicted molar refractivity (Wildman–Crippen MR) is 69.7 cm³/mol. The summed E-state index contributed by atoms with van der Waals surface area (Å²) in [6.07, 6.45) is -4.67. The van der Waals surface area contributed by atoms with Crippen LogP contribution in [0.5, 0.6) is 11.5 Å². The number of halogens is 3. The van der Waals surface area contributed by atoms with E-state index < -0.39 is 6.36 Å². The normalized spacial score (nSPS) is 11.2. The molecule has 0 heterocycles. The van der Waals surface area contributed by atoms with Gasteiger partial charge in [0.2, 0.25) is 0 Å².